The van der Waals surface area contributed by atoms with E-state index in [1.165, 1.54) is 27.8 Å². The van der Waals surface area contributed by atoms with Gasteiger partial charge >= 0.3 is 5.97 Å². The summed E-state index contributed by atoms with van der Waals surface area (Å²) >= 11 is 4.57. The zero-order valence-electron chi connectivity index (χ0n) is 16.4. The molecule has 0 radical (unpaired) electrons. The van der Waals surface area contributed by atoms with Crippen molar-refractivity contribution in [3.05, 3.63) is 39.0 Å². The number of rotatable bonds is 6. The molecule has 0 amide bonds. The molecule has 0 N–H and O–H groups in total. The van der Waals surface area contributed by atoms with E-state index in [1.54, 1.807) is 18.2 Å². The van der Waals surface area contributed by atoms with Gasteiger partial charge in [-0.3, -0.25) is 9.59 Å². The van der Waals surface area contributed by atoms with E-state index in [1.807, 2.05) is 0 Å². The zero-order valence-corrected chi connectivity index (χ0v) is 19.6. The highest BCUT2D eigenvalue weighted by atomic mass is 79.9. The van der Waals surface area contributed by atoms with Crippen LogP contribution in [0.15, 0.2) is 39.0 Å². The molecule has 166 valence electrons. The van der Waals surface area contributed by atoms with E-state index < -0.39 is 21.9 Å². The van der Waals surface area contributed by atoms with Crippen molar-refractivity contribution in [2.75, 3.05) is 32.9 Å². The van der Waals surface area contributed by atoms with E-state index in [9.17, 15) is 18.0 Å². The molecule has 31 heavy (non-hydrogen) atoms. The first-order valence-corrected chi connectivity index (χ1v) is 12.7. The third kappa shape index (κ3) is 4.94. The topological polar surface area (TPSA) is 99.2 Å². The van der Waals surface area contributed by atoms with E-state index in [0.29, 0.717) is 42.4 Å². The molecule has 0 atom stereocenters. The number of piperidine rings is 1. The largest absolute Gasteiger partial charge is 0.486 e. The van der Waals surface area contributed by atoms with Crippen LogP contribution >= 0.6 is 27.3 Å². The Bertz CT molecular complexity index is 1090. The van der Waals surface area contributed by atoms with Crippen LogP contribution < -0.4 is 9.47 Å². The number of sulfonamides is 1. The number of ether oxygens (including phenoxy) is 3. The molecule has 4 rings (SSSR count). The minimum atomic E-state index is -3.72. The van der Waals surface area contributed by atoms with Crippen LogP contribution in [0.5, 0.6) is 11.5 Å². The molecule has 1 aromatic carbocycles. The van der Waals surface area contributed by atoms with E-state index in [-0.39, 0.29) is 30.4 Å². The summed E-state index contributed by atoms with van der Waals surface area (Å²) in [6.45, 7) is 0.877. The van der Waals surface area contributed by atoms with E-state index in [0.717, 1.165) is 3.79 Å². The Morgan fingerprint density at radius 3 is 2.48 bits per heavy atom. The van der Waals surface area contributed by atoms with Crippen molar-refractivity contribution in [2.45, 2.75) is 17.7 Å². The maximum atomic E-state index is 13.0. The van der Waals surface area contributed by atoms with Gasteiger partial charge in [0.25, 0.3) is 0 Å². The molecular formula is C20H20BrNO7S2. The molecule has 0 bridgehead atoms. The summed E-state index contributed by atoms with van der Waals surface area (Å²) in [5.41, 5.74) is 0. The minimum absolute atomic E-state index is 0.130. The molecule has 0 saturated carbocycles. The Hall–Kier alpha value is -1.95. The normalized spacial score (nSPS) is 17.3. The molecule has 0 aliphatic carbocycles. The summed E-state index contributed by atoms with van der Waals surface area (Å²) in [5.74, 6) is -0.234. The number of nitrogens with zero attached hydrogens (tertiary/aromatic N) is 1. The summed E-state index contributed by atoms with van der Waals surface area (Å²) in [5, 5.41) is 0. The molecule has 8 nitrogen and oxygen atoms in total. The SMILES string of the molecule is O=C(COC(=O)C1CCN(S(=O)(=O)c2ccc3c(c2)OCCO3)CC1)c1ccc(Br)s1. The van der Waals surface area contributed by atoms with Crippen LogP contribution in [-0.4, -0.2) is 57.4 Å². The molecular weight excluding hydrogens is 510 g/mol. The molecule has 0 unspecified atom stereocenters. The molecule has 3 heterocycles. The highest BCUT2D eigenvalue weighted by molar-refractivity contribution is 9.11. The van der Waals surface area contributed by atoms with Crippen LogP contribution in [0.3, 0.4) is 0 Å². The van der Waals surface area contributed by atoms with Crippen molar-refractivity contribution < 1.29 is 32.2 Å². The third-order valence-electron chi connectivity index (χ3n) is 5.13. The van der Waals surface area contributed by atoms with Crippen molar-refractivity contribution in [1.29, 1.82) is 0 Å². The summed E-state index contributed by atoms with van der Waals surface area (Å²) in [6, 6.07) is 7.99. The van der Waals surface area contributed by atoms with Crippen LogP contribution in [0, 0.1) is 5.92 Å². The van der Waals surface area contributed by atoms with Crippen LogP contribution in [0.25, 0.3) is 0 Å². The number of carbonyl (C=O) groups excluding carboxylic acids is 2. The summed E-state index contributed by atoms with van der Waals surface area (Å²) in [4.78, 5) is 25.1. The molecule has 1 aromatic heterocycles. The van der Waals surface area contributed by atoms with E-state index in [4.69, 9.17) is 14.2 Å². The van der Waals surface area contributed by atoms with Gasteiger partial charge in [-0.25, -0.2) is 8.42 Å². The maximum Gasteiger partial charge on any atom is 0.309 e. The second kappa shape index (κ2) is 9.27. The Kier molecular flexibility index (Phi) is 6.65. The first-order valence-electron chi connectivity index (χ1n) is 9.69. The van der Waals surface area contributed by atoms with E-state index in [2.05, 4.69) is 15.9 Å². The lowest BCUT2D eigenvalue weighted by atomic mass is 9.98. The van der Waals surface area contributed by atoms with Crippen LogP contribution in [0.1, 0.15) is 22.5 Å². The number of carbonyl (C=O) groups is 2. The number of hydrogen-bond donors (Lipinski definition) is 0. The van der Waals surface area contributed by atoms with Crippen LogP contribution in [-0.2, 0) is 19.6 Å². The molecule has 2 aliphatic rings. The summed E-state index contributed by atoms with van der Waals surface area (Å²) < 4.78 is 44.3. The van der Waals surface area contributed by atoms with Gasteiger partial charge in [0, 0.05) is 19.2 Å². The summed E-state index contributed by atoms with van der Waals surface area (Å²) in [7, 11) is -3.72. The van der Waals surface area contributed by atoms with Crippen molar-refractivity contribution in [2.24, 2.45) is 5.92 Å². The number of fused-ring (bicyclic) bond motifs is 1. The van der Waals surface area contributed by atoms with Gasteiger partial charge in [-0.05, 0) is 53.0 Å². The fourth-order valence-corrected chi connectivity index (χ4v) is 6.25. The average molecular weight is 530 g/mol. The number of thiophene rings is 1. The zero-order chi connectivity index (χ0) is 22.0. The number of esters is 1. The van der Waals surface area contributed by atoms with Crippen LogP contribution in [0.2, 0.25) is 0 Å². The fraction of sp³-hybridized carbons (Fsp3) is 0.400. The Morgan fingerprint density at radius 2 is 1.81 bits per heavy atom. The highest BCUT2D eigenvalue weighted by Gasteiger charge is 2.33. The quantitative estimate of drug-likeness (QED) is 0.418. The average Bonchev–Trinajstić information content (AvgIpc) is 3.23. The fourth-order valence-electron chi connectivity index (χ4n) is 3.45. The predicted octanol–water partition coefficient (Wildman–Crippen LogP) is 3.11. The molecule has 1 saturated heterocycles. The monoisotopic (exact) mass is 529 g/mol. The van der Waals surface area contributed by atoms with Gasteiger partial charge in [0.1, 0.15) is 13.2 Å². The molecule has 1 fully saturated rings. The van der Waals surface area contributed by atoms with Crippen molar-refractivity contribution in [3.8, 4) is 11.5 Å². The van der Waals surface area contributed by atoms with Gasteiger partial charge in [0.2, 0.25) is 15.8 Å². The lowest BCUT2D eigenvalue weighted by Crippen LogP contribution is -2.40. The van der Waals surface area contributed by atoms with Crippen molar-refractivity contribution in [1.82, 2.24) is 4.31 Å². The van der Waals surface area contributed by atoms with Crippen molar-refractivity contribution in [3.63, 3.8) is 0 Å². The van der Waals surface area contributed by atoms with Gasteiger partial charge < -0.3 is 14.2 Å². The Morgan fingerprint density at radius 1 is 1.10 bits per heavy atom. The predicted molar refractivity (Wildman–Crippen MR) is 116 cm³/mol. The van der Waals surface area contributed by atoms with Crippen LogP contribution in [0.4, 0.5) is 0 Å². The molecule has 11 heteroatoms. The smallest absolute Gasteiger partial charge is 0.309 e. The molecule has 2 aliphatic heterocycles. The number of hydrogen-bond acceptors (Lipinski definition) is 8. The van der Waals surface area contributed by atoms with Gasteiger partial charge in [0.05, 0.1) is 19.5 Å². The lowest BCUT2D eigenvalue weighted by molar-refractivity contribution is -0.148. The minimum Gasteiger partial charge on any atom is -0.486 e. The Labute approximate surface area is 192 Å². The molecule has 2 aromatic rings. The van der Waals surface area contributed by atoms with Gasteiger partial charge in [-0.15, -0.1) is 11.3 Å². The standard InChI is InChI=1S/C20H20BrNO7S2/c21-19-4-3-18(30-19)15(23)12-29-20(24)13-5-7-22(8-6-13)31(25,26)14-1-2-16-17(11-14)28-10-9-27-16/h1-4,11,13H,5-10,12H2. The second-order valence-electron chi connectivity index (χ2n) is 7.12. The third-order valence-corrected chi connectivity index (χ3v) is 8.69. The second-order valence-corrected chi connectivity index (χ2v) is 11.5. The number of Topliss-reactive ketones (excluding diaryl/α,β-unsaturated/α-hetero) is 1. The van der Waals surface area contributed by atoms with Gasteiger partial charge in [0.15, 0.2) is 18.1 Å². The Balaban J connectivity index is 1.32. The summed E-state index contributed by atoms with van der Waals surface area (Å²) in [6.07, 6.45) is 0.669. The molecule has 0 spiro atoms. The highest BCUT2D eigenvalue weighted by Crippen LogP contribution is 2.34. The van der Waals surface area contributed by atoms with Gasteiger partial charge in [-0.2, -0.15) is 4.31 Å². The number of benzene rings is 1. The lowest BCUT2D eigenvalue weighted by Gasteiger charge is -2.30. The maximum absolute atomic E-state index is 13.0. The van der Waals surface area contributed by atoms with Crippen molar-refractivity contribution >= 4 is 49.0 Å². The number of ketones is 1. The first-order chi connectivity index (χ1) is 14.8. The first kappa shape index (κ1) is 22.3. The van der Waals surface area contributed by atoms with E-state index >= 15 is 0 Å². The number of halogens is 1. The van der Waals surface area contributed by atoms with Gasteiger partial charge in [-0.1, -0.05) is 0 Å².